The Kier molecular flexibility index (Phi) is 5.45. The third-order valence-corrected chi connectivity index (χ3v) is 4.40. The Labute approximate surface area is 150 Å². The smallest absolute Gasteiger partial charge is 0.259 e. The Bertz CT molecular complexity index is 844. The lowest BCUT2D eigenvalue weighted by Gasteiger charge is -2.05. The van der Waals surface area contributed by atoms with Crippen molar-refractivity contribution in [2.45, 2.75) is 25.3 Å². The van der Waals surface area contributed by atoms with Crippen LogP contribution in [0, 0.1) is 6.92 Å². The number of benzene rings is 1. The maximum atomic E-state index is 12.0. The predicted octanol–water partition coefficient (Wildman–Crippen LogP) is 3.73. The van der Waals surface area contributed by atoms with E-state index in [-0.39, 0.29) is 5.91 Å². The molecule has 128 valence electrons. The van der Waals surface area contributed by atoms with Gasteiger partial charge in [0.15, 0.2) is 5.82 Å². The van der Waals surface area contributed by atoms with Gasteiger partial charge in [0.2, 0.25) is 5.91 Å². The minimum atomic E-state index is -0.0655. The Morgan fingerprint density at radius 2 is 2.00 bits per heavy atom. The van der Waals surface area contributed by atoms with Crippen molar-refractivity contribution in [1.29, 1.82) is 0 Å². The van der Waals surface area contributed by atoms with Crippen molar-refractivity contribution in [2.24, 2.45) is 0 Å². The number of nitrogens with zero attached hydrogens (tertiary/aromatic N) is 3. The summed E-state index contributed by atoms with van der Waals surface area (Å²) in [6.45, 7) is 3.97. The van der Waals surface area contributed by atoms with Crippen molar-refractivity contribution in [3.63, 3.8) is 0 Å². The van der Waals surface area contributed by atoms with Gasteiger partial charge in [-0.25, -0.2) is 4.98 Å². The maximum absolute atomic E-state index is 12.0. The quantitative estimate of drug-likeness (QED) is 0.679. The molecule has 0 fully saturated rings. The molecule has 0 spiro atoms. The van der Waals surface area contributed by atoms with Gasteiger partial charge in [-0.05, 0) is 31.2 Å². The van der Waals surface area contributed by atoms with E-state index in [1.54, 1.807) is 6.20 Å². The van der Waals surface area contributed by atoms with E-state index >= 15 is 0 Å². The number of hydrogen-bond donors (Lipinski definition) is 1. The standard InChI is InChI=1S/C18H18N4O2S/c1-3-15-21-18(24-22-15)13-6-9-17(19-10-13)25-11-16(23)20-14-7-4-12(2)5-8-14/h4-10H,3,11H2,1-2H3,(H,20,23). The van der Waals surface area contributed by atoms with Crippen molar-refractivity contribution in [3.05, 3.63) is 54.0 Å². The first-order chi connectivity index (χ1) is 12.1. The molecule has 2 aromatic heterocycles. The normalized spacial score (nSPS) is 10.6. The summed E-state index contributed by atoms with van der Waals surface area (Å²) in [6.07, 6.45) is 2.40. The Morgan fingerprint density at radius 3 is 2.64 bits per heavy atom. The second-order valence-corrected chi connectivity index (χ2v) is 6.45. The van der Waals surface area contributed by atoms with Gasteiger partial charge in [-0.15, -0.1) is 0 Å². The molecule has 7 heteroatoms. The summed E-state index contributed by atoms with van der Waals surface area (Å²) in [5, 5.41) is 7.49. The molecule has 0 aliphatic rings. The van der Waals surface area contributed by atoms with Gasteiger partial charge in [-0.3, -0.25) is 4.79 Å². The first kappa shape index (κ1) is 17.2. The number of pyridine rings is 1. The van der Waals surface area contributed by atoms with Gasteiger partial charge < -0.3 is 9.84 Å². The molecule has 0 saturated carbocycles. The fourth-order valence-corrected chi connectivity index (χ4v) is 2.72. The number of nitrogens with one attached hydrogen (secondary N) is 1. The largest absolute Gasteiger partial charge is 0.334 e. The van der Waals surface area contributed by atoms with E-state index in [0.29, 0.717) is 17.5 Å². The van der Waals surface area contributed by atoms with Gasteiger partial charge >= 0.3 is 0 Å². The molecule has 6 nitrogen and oxygen atoms in total. The topological polar surface area (TPSA) is 80.9 Å². The average molecular weight is 354 g/mol. The molecule has 25 heavy (non-hydrogen) atoms. The highest BCUT2D eigenvalue weighted by molar-refractivity contribution is 7.99. The summed E-state index contributed by atoms with van der Waals surface area (Å²) in [5.74, 6) is 1.35. The van der Waals surface area contributed by atoms with Crippen LogP contribution in [0.1, 0.15) is 18.3 Å². The molecule has 0 radical (unpaired) electrons. The predicted molar refractivity (Wildman–Crippen MR) is 97.4 cm³/mol. The molecule has 2 heterocycles. The summed E-state index contributed by atoms with van der Waals surface area (Å²) in [7, 11) is 0. The van der Waals surface area contributed by atoms with Crippen LogP contribution in [0.15, 0.2) is 52.1 Å². The average Bonchev–Trinajstić information content (AvgIpc) is 3.12. The molecule has 1 N–H and O–H groups in total. The third-order valence-electron chi connectivity index (χ3n) is 3.45. The van der Waals surface area contributed by atoms with Gasteiger partial charge in [-0.2, -0.15) is 4.98 Å². The number of rotatable bonds is 6. The number of hydrogen-bond acceptors (Lipinski definition) is 6. The fourth-order valence-electron chi connectivity index (χ4n) is 2.08. The molecule has 0 atom stereocenters. The molecule has 3 aromatic rings. The fraction of sp³-hybridized carbons (Fsp3) is 0.222. The van der Waals surface area contributed by atoms with Crippen LogP contribution >= 0.6 is 11.8 Å². The van der Waals surface area contributed by atoms with Crippen LogP contribution in [0.25, 0.3) is 11.5 Å². The molecule has 0 aliphatic heterocycles. The summed E-state index contributed by atoms with van der Waals surface area (Å²) in [4.78, 5) is 20.6. The summed E-state index contributed by atoms with van der Waals surface area (Å²) in [6, 6.07) is 11.4. The zero-order valence-electron chi connectivity index (χ0n) is 14.0. The van der Waals surface area contributed by atoms with Gasteiger partial charge in [0.25, 0.3) is 5.89 Å². The lowest BCUT2D eigenvalue weighted by atomic mass is 10.2. The number of thioether (sulfide) groups is 1. The highest BCUT2D eigenvalue weighted by atomic mass is 32.2. The van der Waals surface area contributed by atoms with E-state index in [0.717, 1.165) is 28.3 Å². The van der Waals surface area contributed by atoms with Crippen molar-refractivity contribution < 1.29 is 9.32 Å². The summed E-state index contributed by atoms with van der Waals surface area (Å²) in [5.41, 5.74) is 2.72. The molecule has 0 saturated heterocycles. The van der Waals surface area contributed by atoms with Crippen molar-refractivity contribution >= 4 is 23.4 Å². The monoisotopic (exact) mass is 354 g/mol. The first-order valence-corrected chi connectivity index (χ1v) is 8.91. The number of aryl methyl sites for hydroxylation is 2. The number of aromatic nitrogens is 3. The molecular formula is C18H18N4O2S. The number of carbonyl (C=O) groups excluding carboxylic acids is 1. The lowest BCUT2D eigenvalue weighted by molar-refractivity contribution is -0.113. The van der Waals surface area contributed by atoms with Gasteiger partial charge in [0, 0.05) is 18.3 Å². The van der Waals surface area contributed by atoms with E-state index in [9.17, 15) is 4.79 Å². The molecule has 1 aromatic carbocycles. The van der Waals surface area contributed by atoms with Crippen molar-refractivity contribution in [2.75, 3.05) is 11.1 Å². The third kappa shape index (κ3) is 4.67. The van der Waals surface area contributed by atoms with Crippen LogP contribution < -0.4 is 5.32 Å². The van der Waals surface area contributed by atoms with Crippen LogP contribution in [-0.2, 0) is 11.2 Å². The lowest BCUT2D eigenvalue weighted by Crippen LogP contribution is -2.13. The molecule has 0 unspecified atom stereocenters. The Hall–Kier alpha value is -2.67. The second-order valence-electron chi connectivity index (χ2n) is 5.46. The number of amides is 1. The first-order valence-electron chi connectivity index (χ1n) is 7.92. The maximum Gasteiger partial charge on any atom is 0.259 e. The van der Waals surface area contributed by atoms with E-state index < -0.39 is 0 Å². The van der Waals surface area contributed by atoms with Crippen LogP contribution in [0.4, 0.5) is 5.69 Å². The number of carbonyl (C=O) groups is 1. The van der Waals surface area contributed by atoms with Gasteiger partial charge in [-0.1, -0.05) is 41.5 Å². The Balaban J connectivity index is 1.54. The summed E-state index contributed by atoms with van der Waals surface area (Å²) >= 11 is 1.37. The zero-order valence-corrected chi connectivity index (χ0v) is 14.8. The van der Waals surface area contributed by atoms with Crippen molar-refractivity contribution in [1.82, 2.24) is 15.1 Å². The summed E-state index contributed by atoms with van der Waals surface area (Å²) < 4.78 is 5.18. The minimum Gasteiger partial charge on any atom is -0.334 e. The molecule has 0 bridgehead atoms. The molecule has 0 aliphatic carbocycles. The van der Waals surface area contributed by atoms with Crippen LogP contribution in [0.5, 0.6) is 0 Å². The minimum absolute atomic E-state index is 0.0655. The van der Waals surface area contributed by atoms with E-state index in [2.05, 4.69) is 20.4 Å². The molecule has 1 amide bonds. The second kappa shape index (κ2) is 7.94. The van der Waals surface area contributed by atoms with E-state index in [1.165, 1.54) is 11.8 Å². The van der Waals surface area contributed by atoms with Gasteiger partial charge in [0.05, 0.1) is 16.3 Å². The number of anilines is 1. The van der Waals surface area contributed by atoms with Crippen LogP contribution in [0.3, 0.4) is 0 Å². The molecular weight excluding hydrogens is 336 g/mol. The SMILES string of the molecule is CCc1noc(-c2ccc(SCC(=O)Nc3ccc(C)cc3)nc2)n1. The van der Waals surface area contributed by atoms with Crippen LogP contribution in [0.2, 0.25) is 0 Å². The van der Waals surface area contributed by atoms with Crippen molar-refractivity contribution in [3.8, 4) is 11.5 Å². The Morgan fingerprint density at radius 1 is 1.20 bits per heavy atom. The molecule has 3 rings (SSSR count). The van der Waals surface area contributed by atoms with E-state index in [1.807, 2.05) is 50.2 Å². The highest BCUT2D eigenvalue weighted by Gasteiger charge is 2.09. The van der Waals surface area contributed by atoms with Crippen LogP contribution in [-0.4, -0.2) is 26.8 Å². The van der Waals surface area contributed by atoms with E-state index in [4.69, 9.17) is 4.52 Å². The zero-order chi connectivity index (χ0) is 17.6. The highest BCUT2D eigenvalue weighted by Crippen LogP contribution is 2.21. The van der Waals surface area contributed by atoms with Gasteiger partial charge in [0.1, 0.15) is 0 Å².